The van der Waals surface area contributed by atoms with Crippen molar-refractivity contribution in [1.82, 2.24) is 20.0 Å². The van der Waals surface area contributed by atoms with Gasteiger partial charge in [0.1, 0.15) is 5.75 Å². The third kappa shape index (κ3) is 4.66. The number of likely N-dealkylation sites (tertiary alicyclic amines) is 1. The Kier molecular flexibility index (Phi) is 6.06. The van der Waals surface area contributed by atoms with Crippen molar-refractivity contribution in [2.75, 3.05) is 26.2 Å². The van der Waals surface area contributed by atoms with E-state index < -0.39 is 0 Å². The highest BCUT2D eigenvalue weighted by atomic mass is 16.5. The molecule has 30 heavy (non-hydrogen) atoms. The standard InChI is InChI=1S/C23H30N4O3/c1-26-14-19(13-25-26)22(29)27-12-6-11-23(17-27)10-5-4-8-18-7-2-3-9-20(18)30-15-21(28)24-16-23/h2-3,7,9,13-14H,4-6,8,10-12,15-17H2,1H3,(H,24,28). The number of hydrogen-bond donors (Lipinski definition) is 1. The van der Waals surface area contributed by atoms with Gasteiger partial charge in [-0.1, -0.05) is 24.6 Å². The van der Waals surface area contributed by atoms with E-state index in [9.17, 15) is 9.59 Å². The van der Waals surface area contributed by atoms with Gasteiger partial charge >= 0.3 is 0 Å². The van der Waals surface area contributed by atoms with Crippen LogP contribution in [0.1, 0.15) is 48.0 Å². The number of para-hydroxylation sites is 1. The van der Waals surface area contributed by atoms with Gasteiger partial charge in [-0.05, 0) is 43.7 Å². The van der Waals surface area contributed by atoms with Crippen LogP contribution < -0.4 is 10.1 Å². The first kappa shape index (κ1) is 20.4. The first-order chi connectivity index (χ1) is 14.5. The van der Waals surface area contributed by atoms with Gasteiger partial charge in [0, 0.05) is 38.3 Å². The summed E-state index contributed by atoms with van der Waals surface area (Å²) in [5.74, 6) is 0.714. The third-order valence-electron chi connectivity index (χ3n) is 6.30. The largest absolute Gasteiger partial charge is 0.483 e. The summed E-state index contributed by atoms with van der Waals surface area (Å²) in [6, 6.07) is 7.95. The number of hydrogen-bond acceptors (Lipinski definition) is 4. The zero-order valence-electron chi connectivity index (χ0n) is 17.6. The molecule has 2 aliphatic rings. The van der Waals surface area contributed by atoms with Crippen LogP contribution in [0.15, 0.2) is 36.7 Å². The van der Waals surface area contributed by atoms with Crippen LogP contribution in [0.2, 0.25) is 0 Å². The first-order valence-electron chi connectivity index (χ1n) is 10.8. The molecule has 0 radical (unpaired) electrons. The SMILES string of the molecule is Cn1cc(C(=O)N2CCCC3(CCCCc4ccccc4OCC(=O)NC3)C2)cn1. The average Bonchev–Trinajstić information content (AvgIpc) is 3.20. The number of carbonyl (C=O) groups excluding carboxylic acids is 2. The summed E-state index contributed by atoms with van der Waals surface area (Å²) in [7, 11) is 1.82. The van der Waals surface area contributed by atoms with Gasteiger partial charge in [-0.25, -0.2) is 0 Å². The van der Waals surface area contributed by atoms with Crippen LogP contribution in [-0.4, -0.2) is 52.7 Å². The topological polar surface area (TPSA) is 76.5 Å². The second-order valence-corrected chi connectivity index (χ2v) is 8.61. The van der Waals surface area contributed by atoms with E-state index in [0.29, 0.717) is 18.7 Å². The fraction of sp³-hybridized carbons (Fsp3) is 0.522. The van der Waals surface area contributed by atoms with Crippen molar-refractivity contribution in [2.24, 2.45) is 12.5 Å². The molecule has 1 spiro atoms. The maximum atomic E-state index is 13.0. The lowest BCUT2D eigenvalue weighted by Gasteiger charge is -2.43. The summed E-state index contributed by atoms with van der Waals surface area (Å²) < 4.78 is 7.44. The summed E-state index contributed by atoms with van der Waals surface area (Å²) in [5.41, 5.74) is 1.68. The number of carbonyl (C=O) groups is 2. The first-order valence-corrected chi connectivity index (χ1v) is 10.8. The highest BCUT2D eigenvalue weighted by Crippen LogP contribution is 2.36. The predicted molar refractivity (Wildman–Crippen MR) is 113 cm³/mol. The van der Waals surface area contributed by atoms with Crippen molar-refractivity contribution in [2.45, 2.75) is 38.5 Å². The molecule has 0 aliphatic carbocycles. The van der Waals surface area contributed by atoms with Crippen molar-refractivity contribution < 1.29 is 14.3 Å². The average molecular weight is 411 g/mol. The molecule has 1 unspecified atom stereocenters. The summed E-state index contributed by atoms with van der Waals surface area (Å²) in [6.07, 6.45) is 9.40. The van der Waals surface area contributed by atoms with Gasteiger partial charge in [-0.15, -0.1) is 0 Å². The normalized spacial score (nSPS) is 23.0. The van der Waals surface area contributed by atoms with E-state index in [4.69, 9.17) is 4.74 Å². The van der Waals surface area contributed by atoms with Gasteiger partial charge in [-0.2, -0.15) is 5.10 Å². The Bertz CT molecular complexity index is 909. The van der Waals surface area contributed by atoms with Gasteiger partial charge in [0.25, 0.3) is 11.8 Å². The van der Waals surface area contributed by atoms with Crippen LogP contribution in [0.4, 0.5) is 0 Å². The van der Waals surface area contributed by atoms with Crippen LogP contribution in [0.25, 0.3) is 0 Å². The molecule has 1 saturated heterocycles. The van der Waals surface area contributed by atoms with E-state index in [1.807, 2.05) is 30.1 Å². The number of aromatic nitrogens is 2. The number of amides is 2. The number of nitrogens with one attached hydrogen (secondary N) is 1. The Morgan fingerprint density at radius 3 is 2.87 bits per heavy atom. The minimum absolute atomic E-state index is 0.0193. The predicted octanol–water partition coefficient (Wildman–Crippen LogP) is 2.56. The molecule has 0 saturated carbocycles. The summed E-state index contributed by atoms with van der Waals surface area (Å²) in [6.45, 7) is 2.01. The van der Waals surface area contributed by atoms with Crippen molar-refractivity contribution in [1.29, 1.82) is 0 Å². The summed E-state index contributed by atoms with van der Waals surface area (Å²) in [4.78, 5) is 27.4. The number of aryl methyl sites for hydroxylation is 2. The molecule has 160 valence electrons. The molecule has 2 aromatic rings. The van der Waals surface area contributed by atoms with E-state index in [0.717, 1.165) is 56.4 Å². The molecule has 7 nitrogen and oxygen atoms in total. The van der Waals surface area contributed by atoms with Crippen LogP contribution in [0.5, 0.6) is 5.75 Å². The number of rotatable bonds is 1. The molecule has 2 aliphatic heterocycles. The van der Waals surface area contributed by atoms with Crippen molar-refractivity contribution in [3.05, 3.63) is 47.8 Å². The van der Waals surface area contributed by atoms with E-state index in [1.54, 1.807) is 17.1 Å². The summed E-state index contributed by atoms with van der Waals surface area (Å²) >= 11 is 0. The number of fused-ring (bicyclic) bond motifs is 1. The van der Waals surface area contributed by atoms with Gasteiger partial charge in [0.05, 0.1) is 11.8 Å². The Morgan fingerprint density at radius 2 is 2.03 bits per heavy atom. The third-order valence-corrected chi connectivity index (χ3v) is 6.30. The van der Waals surface area contributed by atoms with E-state index in [2.05, 4.69) is 16.5 Å². The van der Waals surface area contributed by atoms with Crippen molar-refractivity contribution in [3.63, 3.8) is 0 Å². The minimum atomic E-state index is -0.111. The van der Waals surface area contributed by atoms with Gasteiger partial charge < -0.3 is 15.0 Å². The van der Waals surface area contributed by atoms with Crippen molar-refractivity contribution >= 4 is 11.8 Å². The van der Waals surface area contributed by atoms with Crippen LogP contribution in [-0.2, 0) is 18.3 Å². The molecule has 1 N–H and O–H groups in total. The Labute approximate surface area is 177 Å². The van der Waals surface area contributed by atoms with Gasteiger partial charge in [0.2, 0.25) is 0 Å². The monoisotopic (exact) mass is 410 g/mol. The molecular weight excluding hydrogens is 380 g/mol. The molecular formula is C23H30N4O3. The van der Waals surface area contributed by atoms with Crippen molar-refractivity contribution in [3.8, 4) is 5.75 Å². The molecule has 7 heteroatoms. The second-order valence-electron chi connectivity index (χ2n) is 8.61. The Hall–Kier alpha value is -2.83. The maximum absolute atomic E-state index is 13.0. The van der Waals surface area contributed by atoms with E-state index in [1.165, 1.54) is 0 Å². The van der Waals surface area contributed by atoms with Crippen LogP contribution in [0.3, 0.4) is 0 Å². The van der Waals surface area contributed by atoms with Crippen LogP contribution >= 0.6 is 0 Å². The fourth-order valence-corrected chi connectivity index (χ4v) is 4.68. The smallest absolute Gasteiger partial charge is 0.257 e. The zero-order valence-corrected chi connectivity index (χ0v) is 17.6. The molecule has 3 heterocycles. The quantitative estimate of drug-likeness (QED) is 0.784. The molecule has 1 atom stereocenters. The van der Waals surface area contributed by atoms with E-state index >= 15 is 0 Å². The van der Waals surface area contributed by atoms with Gasteiger partial charge in [-0.3, -0.25) is 14.3 Å². The number of ether oxygens (including phenoxy) is 1. The number of nitrogens with zero attached hydrogens (tertiary/aromatic N) is 3. The van der Waals surface area contributed by atoms with Crippen LogP contribution in [0, 0.1) is 5.41 Å². The molecule has 2 amide bonds. The Morgan fingerprint density at radius 1 is 1.20 bits per heavy atom. The van der Waals surface area contributed by atoms with Gasteiger partial charge in [0.15, 0.2) is 6.61 Å². The molecule has 1 aromatic carbocycles. The minimum Gasteiger partial charge on any atom is -0.483 e. The lowest BCUT2D eigenvalue weighted by atomic mass is 9.75. The highest BCUT2D eigenvalue weighted by molar-refractivity contribution is 5.93. The lowest BCUT2D eigenvalue weighted by Crippen LogP contribution is -2.51. The number of benzene rings is 1. The Balaban J connectivity index is 1.48. The second kappa shape index (κ2) is 8.90. The maximum Gasteiger partial charge on any atom is 0.257 e. The number of piperidine rings is 1. The zero-order chi connectivity index (χ0) is 21.0. The molecule has 1 fully saturated rings. The fourth-order valence-electron chi connectivity index (χ4n) is 4.68. The highest BCUT2D eigenvalue weighted by Gasteiger charge is 2.37. The summed E-state index contributed by atoms with van der Waals surface area (Å²) in [5, 5.41) is 7.21. The lowest BCUT2D eigenvalue weighted by molar-refractivity contribution is -0.123. The molecule has 1 aromatic heterocycles. The molecule has 0 bridgehead atoms. The van der Waals surface area contributed by atoms with E-state index in [-0.39, 0.29) is 23.8 Å². The molecule has 4 rings (SSSR count).